The quantitative estimate of drug-likeness (QED) is 0.792. The van der Waals surface area contributed by atoms with E-state index in [4.69, 9.17) is 9.15 Å². The average molecular weight is 277 g/mol. The summed E-state index contributed by atoms with van der Waals surface area (Å²) in [5, 5.41) is 3.35. The van der Waals surface area contributed by atoms with E-state index >= 15 is 0 Å². The summed E-state index contributed by atoms with van der Waals surface area (Å²) < 4.78 is 10.3. The number of esters is 1. The number of nitrogens with one attached hydrogen (secondary N) is 2. The summed E-state index contributed by atoms with van der Waals surface area (Å²) >= 11 is 0. The van der Waals surface area contributed by atoms with E-state index in [1.165, 1.54) is 7.11 Å². The zero-order valence-electron chi connectivity index (χ0n) is 11.9. The van der Waals surface area contributed by atoms with E-state index in [1.54, 1.807) is 25.4 Å². The highest BCUT2D eigenvalue weighted by atomic mass is 16.5. The van der Waals surface area contributed by atoms with Crippen molar-refractivity contribution < 1.29 is 13.9 Å². The molecule has 2 aromatic heterocycles. The van der Waals surface area contributed by atoms with Crippen molar-refractivity contribution in [1.82, 2.24) is 15.3 Å². The molecule has 0 fully saturated rings. The number of furan rings is 1. The van der Waals surface area contributed by atoms with Crippen molar-refractivity contribution in [3.05, 3.63) is 41.4 Å². The number of rotatable bonds is 6. The number of carbonyl (C=O) groups excluding carboxylic acids is 1. The van der Waals surface area contributed by atoms with Crippen LogP contribution in [0.3, 0.4) is 0 Å². The molecule has 0 saturated heterocycles. The van der Waals surface area contributed by atoms with Crippen molar-refractivity contribution >= 4 is 5.97 Å². The Balaban J connectivity index is 2.02. The summed E-state index contributed by atoms with van der Waals surface area (Å²) in [6, 6.07) is 1.83. The summed E-state index contributed by atoms with van der Waals surface area (Å²) in [7, 11) is 1.36. The second-order valence-electron chi connectivity index (χ2n) is 4.49. The largest absolute Gasteiger partial charge is 0.465 e. The van der Waals surface area contributed by atoms with E-state index < -0.39 is 0 Å². The van der Waals surface area contributed by atoms with Crippen LogP contribution in [0, 0.1) is 6.92 Å². The van der Waals surface area contributed by atoms with E-state index in [1.807, 2.05) is 0 Å². The molecule has 0 amide bonds. The maximum absolute atomic E-state index is 11.5. The van der Waals surface area contributed by atoms with Gasteiger partial charge in [-0.25, -0.2) is 9.78 Å². The summed E-state index contributed by atoms with van der Waals surface area (Å²) in [6.45, 7) is 4.35. The molecule has 2 rings (SSSR count). The average Bonchev–Trinajstić information content (AvgIpc) is 3.09. The Kier molecular flexibility index (Phi) is 4.57. The van der Waals surface area contributed by atoms with Crippen molar-refractivity contribution in [3.63, 3.8) is 0 Å². The molecule has 1 atom stereocenters. The number of aromatic nitrogens is 2. The van der Waals surface area contributed by atoms with Crippen LogP contribution in [-0.2, 0) is 11.3 Å². The Morgan fingerprint density at radius 3 is 3.00 bits per heavy atom. The summed E-state index contributed by atoms with van der Waals surface area (Å²) in [5.41, 5.74) is 0.468. The molecule has 0 aliphatic heterocycles. The minimum absolute atomic E-state index is 0.122. The first-order valence-electron chi connectivity index (χ1n) is 6.56. The van der Waals surface area contributed by atoms with Crippen LogP contribution < -0.4 is 5.32 Å². The van der Waals surface area contributed by atoms with Gasteiger partial charge in [-0.3, -0.25) is 0 Å². The fourth-order valence-corrected chi connectivity index (χ4v) is 2.07. The predicted octanol–water partition coefficient (Wildman–Crippen LogP) is 2.34. The molecule has 2 N–H and O–H groups in total. The molecule has 108 valence electrons. The molecule has 0 aliphatic rings. The van der Waals surface area contributed by atoms with E-state index in [0.29, 0.717) is 23.6 Å². The molecule has 20 heavy (non-hydrogen) atoms. The Morgan fingerprint density at radius 1 is 1.60 bits per heavy atom. The molecule has 0 saturated carbocycles. The third-order valence-corrected chi connectivity index (χ3v) is 3.15. The van der Waals surface area contributed by atoms with Gasteiger partial charge in [-0.1, -0.05) is 6.92 Å². The van der Waals surface area contributed by atoms with Crippen LogP contribution in [0.5, 0.6) is 0 Å². The lowest BCUT2D eigenvalue weighted by atomic mass is 10.2. The molecule has 2 heterocycles. The third kappa shape index (κ3) is 3.08. The van der Waals surface area contributed by atoms with Gasteiger partial charge in [0.2, 0.25) is 0 Å². The second-order valence-corrected chi connectivity index (χ2v) is 4.49. The van der Waals surface area contributed by atoms with Crippen LogP contribution in [-0.4, -0.2) is 23.0 Å². The van der Waals surface area contributed by atoms with Crippen LogP contribution in [0.15, 0.2) is 22.9 Å². The number of H-pyrrole nitrogens is 1. The van der Waals surface area contributed by atoms with Crippen LogP contribution >= 0.6 is 0 Å². The zero-order valence-corrected chi connectivity index (χ0v) is 11.9. The molecule has 6 heteroatoms. The first-order valence-corrected chi connectivity index (χ1v) is 6.56. The van der Waals surface area contributed by atoms with Crippen LogP contribution in [0.4, 0.5) is 0 Å². The maximum Gasteiger partial charge on any atom is 0.341 e. The van der Waals surface area contributed by atoms with Crippen molar-refractivity contribution in [1.29, 1.82) is 0 Å². The lowest BCUT2D eigenvalue weighted by Crippen LogP contribution is -2.21. The fourth-order valence-electron chi connectivity index (χ4n) is 2.07. The smallest absolute Gasteiger partial charge is 0.341 e. The van der Waals surface area contributed by atoms with Crippen molar-refractivity contribution in [2.45, 2.75) is 32.9 Å². The highest BCUT2D eigenvalue weighted by Crippen LogP contribution is 2.17. The molecule has 1 unspecified atom stereocenters. The van der Waals surface area contributed by atoms with Gasteiger partial charge in [-0.05, 0) is 19.4 Å². The van der Waals surface area contributed by atoms with Gasteiger partial charge in [0.15, 0.2) is 0 Å². The number of nitrogens with zero attached hydrogens (tertiary/aromatic N) is 1. The fraction of sp³-hybridized carbons (Fsp3) is 0.429. The van der Waals surface area contributed by atoms with Gasteiger partial charge in [0.25, 0.3) is 0 Å². The van der Waals surface area contributed by atoms with Gasteiger partial charge in [-0.2, -0.15) is 0 Å². The second kappa shape index (κ2) is 6.38. The van der Waals surface area contributed by atoms with Gasteiger partial charge >= 0.3 is 5.97 Å². The highest BCUT2D eigenvalue weighted by molar-refractivity contribution is 5.90. The molecule has 0 radical (unpaired) electrons. The standard InChI is InChI=1S/C14H19N3O3/c1-4-12(13-15-5-6-16-13)17-8-10-7-11(9(2)20-10)14(18)19-3/h5-7,12,17H,4,8H2,1-3H3,(H,15,16). The Labute approximate surface area is 117 Å². The van der Waals surface area contributed by atoms with Gasteiger partial charge < -0.3 is 19.5 Å². The Bertz CT molecular complexity index is 560. The predicted molar refractivity (Wildman–Crippen MR) is 73.2 cm³/mol. The van der Waals surface area contributed by atoms with Crippen molar-refractivity contribution in [2.75, 3.05) is 7.11 Å². The monoisotopic (exact) mass is 277 g/mol. The Morgan fingerprint density at radius 2 is 2.40 bits per heavy atom. The van der Waals surface area contributed by atoms with Crippen molar-refractivity contribution in [3.8, 4) is 0 Å². The first kappa shape index (κ1) is 14.3. The summed E-state index contributed by atoms with van der Waals surface area (Å²) in [6.07, 6.45) is 4.43. The van der Waals surface area contributed by atoms with Gasteiger partial charge in [0.1, 0.15) is 22.9 Å². The van der Waals surface area contributed by atoms with E-state index in [2.05, 4.69) is 22.2 Å². The number of hydrogen-bond donors (Lipinski definition) is 2. The van der Waals surface area contributed by atoms with E-state index in [-0.39, 0.29) is 12.0 Å². The molecule has 2 aromatic rings. The number of imidazole rings is 1. The van der Waals surface area contributed by atoms with Crippen LogP contribution in [0.1, 0.15) is 47.1 Å². The normalized spacial score (nSPS) is 12.3. The lowest BCUT2D eigenvalue weighted by molar-refractivity contribution is 0.0599. The lowest BCUT2D eigenvalue weighted by Gasteiger charge is -2.13. The van der Waals surface area contributed by atoms with Gasteiger partial charge in [0.05, 0.1) is 19.7 Å². The maximum atomic E-state index is 11.5. The van der Waals surface area contributed by atoms with Gasteiger partial charge in [-0.15, -0.1) is 0 Å². The number of aryl methyl sites for hydroxylation is 1. The third-order valence-electron chi connectivity index (χ3n) is 3.15. The number of methoxy groups -OCH3 is 1. The number of aromatic amines is 1. The molecule has 0 aromatic carbocycles. The van der Waals surface area contributed by atoms with Crippen LogP contribution in [0.25, 0.3) is 0 Å². The number of hydrogen-bond acceptors (Lipinski definition) is 5. The number of carbonyl (C=O) groups is 1. The molecule has 6 nitrogen and oxygen atoms in total. The molecular formula is C14H19N3O3. The molecule has 0 bridgehead atoms. The highest BCUT2D eigenvalue weighted by Gasteiger charge is 2.17. The molecular weight excluding hydrogens is 258 g/mol. The van der Waals surface area contributed by atoms with E-state index in [9.17, 15) is 4.79 Å². The van der Waals surface area contributed by atoms with E-state index in [0.717, 1.165) is 12.2 Å². The first-order chi connectivity index (χ1) is 9.65. The summed E-state index contributed by atoms with van der Waals surface area (Å²) in [5.74, 6) is 1.78. The van der Waals surface area contributed by atoms with Crippen molar-refractivity contribution in [2.24, 2.45) is 0 Å². The SMILES string of the molecule is CCC(NCc1cc(C(=O)OC)c(C)o1)c1ncc[nH]1. The molecule has 0 aliphatic carbocycles. The van der Waals surface area contributed by atoms with Gasteiger partial charge in [0, 0.05) is 12.4 Å². The summed E-state index contributed by atoms with van der Waals surface area (Å²) in [4.78, 5) is 18.8. The zero-order chi connectivity index (χ0) is 14.5. The molecule has 0 spiro atoms. The Hall–Kier alpha value is -2.08. The van der Waals surface area contributed by atoms with Crippen LogP contribution in [0.2, 0.25) is 0 Å². The minimum atomic E-state index is -0.379. The minimum Gasteiger partial charge on any atom is -0.465 e. The number of ether oxygens (including phenoxy) is 1. The topological polar surface area (TPSA) is 80.2 Å².